The van der Waals surface area contributed by atoms with Gasteiger partial charge in [-0.2, -0.15) is 0 Å². The number of anilines is 1. The van der Waals surface area contributed by atoms with Gasteiger partial charge < -0.3 is 20.5 Å². The van der Waals surface area contributed by atoms with Crippen LogP contribution in [0.3, 0.4) is 0 Å². The number of nitrogens with zero attached hydrogens (tertiary/aromatic N) is 1. The highest BCUT2D eigenvalue weighted by molar-refractivity contribution is 5.93. The summed E-state index contributed by atoms with van der Waals surface area (Å²) >= 11 is 0. The summed E-state index contributed by atoms with van der Waals surface area (Å²) in [5.74, 6) is -0.398. The maximum atomic E-state index is 12.4. The van der Waals surface area contributed by atoms with Gasteiger partial charge in [-0.1, -0.05) is 36.4 Å². The first-order valence-electron chi connectivity index (χ1n) is 7.36. The Labute approximate surface area is 143 Å². The largest absolute Gasteiger partial charge is 0.573 e. The van der Waals surface area contributed by atoms with Gasteiger partial charge in [-0.3, -0.25) is 0 Å². The summed E-state index contributed by atoms with van der Waals surface area (Å²) < 4.78 is 46.2. The first-order chi connectivity index (χ1) is 11.9. The van der Waals surface area contributed by atoms with Crippen LogP contribution in [-0.4, -0.2) is 19.4 Å². The Balaban J connectivity index is 2.05. The van der Waals surface area contributed by atoms with Crippen LogP contribution in [0.4, 0.5) is 18.9 Å². The van der Waals surface area contributed by atoms with E-state index in [1.165, 1.54) is 18.2 Å². The average molecular weight is 353 g/mol. The van der Waals surface area contributed by atoms with Crippen molar-refractivity contribution < 1.29 is 22.6 Å². The summed E-state index contributed by atoms with van der Waals surface area (Å²) in [6.07, 6.45) is -4.79. The Kier molecular flexibility index (Phi) is 6.24. The smallest absolute Gasteiger partial charge is 0.404 e. The fraction of sp³-hybridized carbons (Fsp3) is 0.235. The van der Waals surface area contributed by atoms with Crippen molar-refractivity contribution >= 4 is 11.6 Å². The second-order valence-corrected chi connectivity index (χ2v) is 5.12. The van der Waals surface area contributed by atoms with Crippen molar-refractivity contribution in [2.45, 2.75) is 19.5 Å². The Morgan fingerprint density at radius 1 is 1.12 bits per heavy atom. The maximum absolute atomic E-state index is 12.4. The number of nitrogens with one attached hydrogen (secondary N) is 1. The van der Waals surface area contributed by atoms with E-state index >= 15 is 0 Å². The summed E-state index contributed by atoms with van der Waals surface area (Å²) in [4.78, 5) is 4.13. The zero-order chi connectivity index (χ0) is 18.3. The van der Waals surface area contributed by atoms with E-state index in [1.54, 1.807) is 13.2 Å². The number of guanidine groups is 1. The van der Waals surface area contributed by atoms with Crippen molar-refractivity contribution in [3.05, 3.63) is 59.7 Å². The molecule has 2 aromatic carbocycles. The van der Waals surface area contributed by atoms with Gasteiger partial charge in [0, 0.05) is 7.11 Å². The summed E-state index contributed by atoms with van der Waals surface area (Å²) in [6, 6.07) is 13.2. The van der Waals surface area contributed by atoms with Crippen molar-refractivity contribution in [3.63, 3.8) is 0 Å². The molecular formula is C17H18F3N3O2. The number of rotatable bonds is 6. The Hall–Kier alpha value is -2.74. The molecule has 0 amide bonds. The molecule has 0 bridgehead atoms. The maximum Gasteiger partial charge on any atom is 0.573 e. The van der Waals surface area contributed by atoms with Crippen LogP contribution in [0.1, 0.15) is 11.1 Å². The number of benzene rings is 2. The molecule has 0 saturated heterocycles. The second kappa shape index (κ2) is 8.39. The number of hydrogen-bond donors (Lipinski definition) is 2. The van der Waals surface area contributed by atoms with E-state index in [4.69, 9.17) is 10.5 Å². The van der Waals surface area contributed by atoms with Gasteiger partial charge >= 0.3 is 6.36 Å². The minimum absolute atomic E-state index is 0.0182. The third-order valence-corrected chi connectivity index (χ3v) is 3.11. The zero-order valence-corrected chi connectivity index (χ0v) is 13.5. The average Bonchev–Trinajstić information content (AvgIpc) is 2.54. The number of para-hydroxylation sites is 2. The van der Waals surface area contributed by atoms with Gasteiger partial charge in [0.15, 0.2) is 11.7 Å². The van der Waals surface area contributed by atoms with Crippen LogP contribution in [0.2, 0.25) is 0 Å². The highest BCUT2D eigenvalue weighted by Crippen LogP contribution is 2.29. The molecule has 0 spiro atoms. The lowest BCUT2D eigenvalue weighted by Crippen LogP contribution is -2.24. The normalized spacial score (nSPS) is 12.1. The third-order valence-electron chi connectivity index (χ3n) is 3.11. The van der Waals surface area contributed by atoms with Gasteiger partial charge in [0.25, 0.3) is 0 Å². The van der Waals surface area contributed by atoms with Gasteiger partial charge in [-0.25, -0.2) is 4.99 Å². The van der Waals surface area contributed by atoms with E-state index in [1.807, 2.05) is 24.3 Å². The van der Waals surface area contributed by atoms with Gasteiger partial charge in [0.05, 0.1) is 18.8 Å². The molecule has 0 radical (unpaired) electrons. The van der Waals surface area contributed by atoms with E-state index < -0.39 is 6.36 Å². The summed E-state index contributed by atoms with van der Waals surface area (Å²) in [7, 11) is 1.60. The lowest BCUT2D eigenvalue weighted by atomic mass is 10.1. The molecule has 3 N–H and O–H groups in total. The Morgan fingerprint density at radius 2 is 1.84 bits per heavy atom. The molecule has 134 valence electrons. The summed E-state index contributed by atoms with van der Waals surface area (Å²) in [6.45, 7) is 0.756. The zero-order valence-electron chi connectivity index (χ0n) is 13.5. The number of ether oxygens (including phenoxy) is 2. The molecule has 0 heterocycles. The van der Waals surface area contributed by atoms with Crippen molar-refractivity contribution in [2.75, 3.05) is 12.4 Å². The molecule has 0 fully saturated rings. The van der Waals surface area contributed by atoms with Crippen molar-refractivity contribution in [3.8, 4) is 5.75 Å². The highest BCUT2D eigenvalue weighted by Gasteiger charge is 2.32. The molecule has 0 aromatic heterocycles. The minimum atomic E-state index is -4.79. The first-order valence-corrected chi connectivity index (χ1v) is 7.36. The number of halogens is 3. The lowest BCUT2D eigenvalue weighted by molar-refractivity contribution is -0.274. The fourth-order valence-electron chi connectivity index (χ4n) is 2.12. The molecule has 8 heteroatoms. The molecule has 0 unspecified atom stereocenters. The number of alkyl halides is 3. The van der Waals surface area contributed by atoms with E-state index in [2.05, 4.69) is 15.0 Å². The monoisotopic (exact) mass is 353 g/mol. The molecule has 0 atom stereocenters. The molecule has 2 aromatic rings. The predicted molar refractivity (Wildman–Crippen MR) is 89.2 cm³/mol. The SMILES string of the molecule is COCc1cccc(CN=C(N)Nc2ccccc2OC(F)(F)F)c1. The molecule has 0 aliphatic rings. The highest BCUT2D eigenvalue weighted by atomic mass is 19.4. The molecule has 2 rings (SSSR count). The van der Waals surface area contributed by atoms with Crippen LogP contribution < -0.4 is 15.8 Å². The van der Waals surface area contributed by atoms with Crippen molar-refractivity contribution in [1.82, 2.24) is 0 Å². The predicted octanol–water partition coefficient (Wildman–Crippen LogP) is 3.66. The standard InChI is InChI=1S/C17H18F3N3O2/c1-24-11-13-6-4-5-12(9-13)10-22-16(21)23-14-7-2-3-8-15(14)25-17(18,19)20/h2-9H,10-11H2,1H3,(H3,21,22,23). The molecule has 0 saturated carbocycles. The van der Waals surface area contributed by atoms with E-state index in [9.17, 15) is 13.2 Å². The van der Waals surface area contributed by atoms with E-state index in [0.717, 1.165) is 11.1 Å². The fourth-order valence-corrected chi connectivity index (χ4v) is 2.12. The van der Waals surface area contributed by atoms with Crippen LogP contribution in [0.25, 0.3) is 0 Å². The van der Waals surface area contributed by atoms with Gasteiger partial charge in [0.1, 0.15) is 0 Å². The lowest BCUT2D eigenvalue weighted by Gasteiger charge is -2.14. The molecule has 5 nitrogen and oxygen atoms in total. The van der Waals surface area contributed by atoms with Crippen molar-refractivity contribution in [2.24, 2.45) is 10.7 Å². The number of aliphatic imine (C=N–C) groups is 1. The van der Waals surface area contributed by atoms with Crippen LogP contribution >= 0.6 is 0 Å². The quantitative estimate of drug-likeness (QED) is 0.614. The van der Waals surface area contributed by atoms with Crippen LogP contribution in [0.15, 0.2) is 53.5 Å². The molecular weight excluding hydrogens is 335 g/mol. The Morgan fingerprint density at radius 3 is 2.56 bits per heavy atom. The summed E-state index contributed by atoms with van der Waals surface area (Å²) in [5, 5.41) is 2.62. The van der Waals surface area contributed by atoms with Crippen LogP contribution in [0, 0.1) is 0 Å². The molecule has 0 aliphatic carbocycles. The first kappa shape index (κ1) is 18.6. The topological polar surface area (TPSA) is 68.9 Å². The number of methoxy groups -OCH3 is 1. The van der Waals surface area contributed by atoms with Crippen molar-refractivity contribution in [1.29, 1.82) is 0 Å². The van der Waals surface area contributed by atoms with Gasteiger partial charge in [-0.15, -0.1) is 13.2 Å². The molecule has 0 aliphatic heterocycles. The minimum Gasteiger partial charge on any atom is -0.404 e. The Bertz CT molecular complexity index is 733. The van der Waals surface area contributed by atoms with Crippen LogP contribution in [-0.2, 0) is 17.9 Å². The number of hydrogen-bond acceptors (Lipinski definition) is 3. The third kappa shape index (κ3) is 6.34. The second-order valence-electron chi connectivity index (χ2n) is 5.12. The van der Waals surface area contributed by atoms with Crippen LogP contribution in [0.5, 0.6) is 5.75 Å². The van der Waals surface area contributed by atoms with Gasteiger partial charge in [-0.05, 0) is 23.3 Å². The number of nitrogens with two attached hydrogens (primary N) is 1. The summed E-state index contributed by atoms with van der Waals surface area (Å²) in [5.41, 5.74) is 7.73. The van der Waals surface area contributed by atoms with Gasteiger partial charge in [0.2, 0.25) is 0 Å². The van der Waals surface area contributed by atoms with E-state index in [0.29, 0.717) is 6.61 Å². The molecule has 25 heavy (non-hydrogen) atoms. The van der Waals surface area contributed by atoms with E-state index in [-0.39, 0.29) is 23.9 Å².